The first-order chi connectivity index (χ1) is 19.6. The quantitative estimate of drug-likeness (QED) is 0.349. The molecule has 3 amide bonds. The number of hydrogen-bond acceptors (Lipinski definition) is 5. The number of benzene rings is 3. The Bertz CT molecular complexity index is 1260. The van der Waals surface area contributed by atoms with Crippen molar-refractivity contribution < 1.29 is 19.1 Å². The first-order valence-electron chi connectivity index (χ1n) is 14.1. The smallest absolute Gasteiger partial charge is 0.408 e. The Hall–Kier alpha value is -4.17. The highest BCUT2D eigenvalue weighted by Crippen LogP contribution is 2.29. The van der Waals surface area contributed by atoms with E-state index in [0.717, 1.165) is 16.7 Å². The van der Waals surface area contributed by atoms with Crippen LogP contribution in [-0.4, -0.2) is 59.6 Å². The van der Waals surface area contributed by atoms with Gasteiger partial charge in [0.05, 0.1) is 6.04 Å². The summed E-state index contributed by atoms with van der Waals surface area (Å²) in [5, 5.41) is 5.81. The van der Waals surface area contributed by atoms with Crippen LogP contribution in [0.4, 0.5) is 4.79 Å². The monoisotopic (exact) mass is 556 g/mol. The van der Waals surface area contributed by atoms with Crippen molar-refractivity contribution >= 4 is 17.9 Å². The summed E-state index contributed by atoms with van der Waals surface area (Å²) in [5.41, 5.74) is 8.33. The lowest BCUT2D eigenvalue weighted by Crippen LogP contribution is -2.52. The molecule has 1 fully saturated rings. The van der Waals surface area contributed by atoms with Crippen LogP contribution in [0.15, 0.2) is 91.0 Å². The largest absolute Gasteiger partial charge is 0.444 e. The fourth-order valence-electron chi connectivity index (χ4n) is 5.33. The second-order valence-corrected chi connectivity index (χ2v) is 11.6. The molecule has 0 aliphatic carbocycles. The normalized spacial score (nSPS) is 18.0. The summed E-state index contributed by atoms with van der Waals surface area (Å²) in [6.07, 6.45) is 0.0262. The second-order valence-electron chi connectivity index (χ2n) is 11.6. The van der Waals surface area contributed by atoms with Gasteiger partial charge in [-0.25, -0.2) is 4.79 Å². The highest BCUT2D eigenvalue weighted by atomic mass is 16.6. The highest BCUT2D eigenvalue weighted by Gasteiger charge is 2.38. The van der Waals surface area contributed by atoms with Crippen molar-refractivity contribution in [2.75, 3.05) is 13.1 Å². The molecule has 1 aliphatic heterocycles. The van der Waals surface area contributed by atoms with Crippen LogP contribution in [0.2, 0.25) is 0 Å². The van der Waals surface area contributed by atoms with Crippen molar-refractivity contribution in [1.82, 2.24) is 15.5 Å². The molecule has 0 unspecified atom stereocenters. The van der Waals surface area contributed by atoms with Crippen molar-refractivity contribution in [3.8, 4) is 0 Å². The molecule has 1 aliphatic rings. The van der Waals surface area contributed by atoms with Crippen molar-refractivity contribution in [3.05, 3.63) is 108 Å². The highest BCUT2D eigenvalue weighted by molar-refractivity contribution is 5.86. The number of ether oxygens (including phenoxy) is 1. The van der Waals surface area contributed by atoms with Gasteiger partial charge in [0.1, 0.15) is 11.6 Å². The fraction of sp³-hybridized carbons (Fsp3) is 0.364. The van der Waals surface area contributed by atoms with E-state index in [9.17, 15) is 14.4 Å². The van der Waals surface area contributed by atoms with Crippen LogP contribution in [0.3, 0.4) is 0 Å². The van der Waals surface area contributed by atoms with Gasteiger partial charge in [-0.1, -0.05) is 91.0 Å². The number of alkyl carbamates (subject to hydrolysis) is 1. The van der Waals surface area contributed by atoms with Crippen LogP contribution in [0.5, 0.6) is 0 Å². The van der Waals surface area contributed by atoms with Gasteiger partial charge < -0.3 is 21.1 Å². The number of nitrogens with zero attached hydrogens (tertiary/aromatic N) is 1. The van der Waals surface area contributed by atoms with Crippen LogP contribution in [-0.2, 0) is 20.7 Å². The van der Waals surface area contributed by atoms with E-state index < -0.39 is 29.7 Å². The third-order valence-corrected chi connectivity index (χ3v) is 7.19. The maximum atomic E-state index is 13.5. The van der Waals surface area contributed by atoms with E-state index in [1.165, 1.54) is 0 Å². The third kappa shape index (κ3) is 8.66. The Morgan fingerprint density at radius 3 is 1.95 bits per heavy atom. The Kier molecular flexibility index (Phi) is 9.78. The van der Waals surface area contributed by atoms with E-state index in [2.05, 4.69) is 39.8 Å². The Labute approximate surface area is 242 Å². The van der Waals surface area contributed by atoms with Crippen LogP contribution >= 0.6 is 0 Å². The maximum Gasteiger partial charge on any atom is 0.408 e. The number of nitrogens with two attached hydrogens (primary N) is 1. The summed E-state index contributed by atoms with van der Waals surface area (Å²) in [7, 11) is 0. The van der Waals surface area contributed by atoms with E-state index in [-0.39, 0.29) is 17.9 Å². The summed E-state index contributed by atoms with van der Waals surface area (Å²) < 4.78 is 5.42. The summed E-state index contributed by atoms with van der Waals surface area (Å²) >= 11 is 0. The molecule has 41 heavy (non-hydrogen) atoms. The molecule has 4 rings (SSSR count). The van der Waals surface area contributed by atoms with Crippen molar-refractivity contribution in [1.29, 1.82) is 0 Å². The molecule has 8 nitrogen and oxygen atoms in total. The molecule has 8 heteroatoms. The van der Waals surface area contributed by atoms with Crippen LogP contribution in [0.1, 0.15) is 49.8 Å². The van der Waals surface area contributed by atoms with Crippen LogP contribution in [0, 0.1) is 0 Å². The van der Waals surface area contributed by atoms with Gasteiger partial charge in [0.2, 0.25) is 11.8 Å². The van der Waals surface area contributed by atoms with Crippen LogP contribution < -0.4 is 16.4 Å². The number of likely N-dealkylation sites (tertiary alicyclic amines) is 1. The van der Waals surface area contributed by atoms with Crippen molar-refractivity contribution in [3.63, 3.8) is 0 Å². The Balaban J connectivity index is 1.50. The zero-order valence-corrected chi connectivity index (χ0v) is 24.0. The van der Waals surface area contributed by atoms with Crippen molar-refractivity contribution in [2.45, 2.75) is 63.3 Å². The molecule has 0 saturated carbocycles. The lowest BCUT2D eigenvalue weighted by atomic mass is 9.90. The summed E-state index contributed by atoms with van der Waals surface area (Å²) in [6, 6.07) is 28.1. The molecule has 1 saturated heterocycles. The number of carbonyl (C=O) groups excluding carboxylic acids is 3. The lowest BCUT2D eigenvalue weighted by Gasteiger charge is -2.28. The topological polar surface area (TPSA) is 114 Å². The number of primary amides is 1. The standard InChI is InChI=1S/C33H40N4O4/c1-33(2,3)41-32(40)36-28(19-23-13-7-4-8-14-23)31(39)35-26-20-29(30(34)38)37(21-26)22-27(24-15-9-5-10-16-24)25-17-11-6-12-18-25/h4-18,26-29H,19-22H2,1-3H3,(H2,34,38)(H,35,39)(H,36,40)/t26-,28-,29-/m0/s1. The molecule has 3 aromatic rings. The van der Waals surface area contributed by atoms with Gasteiger partial charge in [-0.05, 0) is 43.9 Å². The number of rotatable bonds is 10. The number of nitrogens with one attached hydrogen (secondary N) is 2. The second kappa shape index (κ2) is 13.5. The number of hydrogen-bond donors (Lipinski definition) is 3. The maximum absolute atomic E-state index is 13.5. The molecule has 4 N–H and O–H groups in total. The predicted octanol–water partition coefficient (Wildman–Crippen LogP) is 4.00. The lowest BCUT2D eigenvalue weighted by molar-refractivity contribution is -0.124. The third-order valence-electron chi connectivity index (χ3n) is 7.19. The first kappa shape index (κ1) is 29.8. The van der Waals surface area contributed by atoms with Gasteiger partial charge in [-0.2, -0.15) is 0 Å². The fourth-order valence-corrected chi connectivity index (χ4v) is 5.33. The average molecular weight is 557 g/mol. The zero-order valence-electron chi connectivity index (χ0n) is 24.0. The summed E-state index contributed by atoms with van der Waals surface area (Å²) in [6.45, 7) is 6.34. The van der Waals surface area contributed by atoms with Gasteiger partial charge in [-0.3, -0.25) is 14.5 Å². The summed E-state index contributed by atoms with van der Waals surface area (Å²) in [5.74, 6) is -0.736. The average Bonchev–Trinajstić information content (AvgIpc) is 3.34. The minimum absolute atomic E-state index is 0.0216. The zero-order chi connectivity index (χ0) is 29.4. The van der Waals surface area contributed by atoms with Gasteiger partial charge in [-0.15, -0.1) is 0 Å². The van der Waals surface area contributed by atoms with E-state index in [1.54, 1.807) is 20.8 Å². The summed E-state index contributed by atoms with van der Waals surface area (Å²) in [4.78, 5) is 40.7. The molecule has 216 valence electrons. The van der Waals surface area contributed by atoms with Gasteiger partial charge in [0.25, 0.3) is 0 Å². The molecule has 3 aromatic carbocycles. The van der Waals surface area contributed by atoms with E-state index in [4.69, 9.17) is 10.5 Å². The molecule has 0 spiro atoms. The Morgan fingerprint density at radius 2 is 1.44 bits per heavy atom. The molecule has 0 aromatic heterocycles. The predicted molar refractivity (Wildman–Crippen MR) is 159 cm³/mol. The number of amides is 3. The first-order valence-corrected chi connectivity index (χ1v) is 14.1. The molecule has 3 atom stereocenters. The molecule has 0 radical (unpaired) electrons. The minimum Gasteiger partial charge on any atom is -0.444 e. The minimum atomic E-state index is -0.852. The molecule has 1 heterocycles. The van der Waals surface area contributed by atoms with Gasteiger partial charge in [0.15, 0.2) is 0 Å². The molecule has 0 bridgehead atoms. The van der Waals surface area contributed by atoms with E-state index in [1.807, 2.05) is 66.7 Å². The van der Waals surface area contributed by atoms with Gasteiger partial charge in [0, 0.05) is 31.5 Å². The van der Waals surface area contributed by atoms with Crippen LogP contribution in [0.25, 0.3) is 0 Å². The van der Waals surface area contributed by atoms with Gasteiger partial charge >= 0.3 is 6.09 Å². The SMILES string of the molecule is CC(C)(C)OC(=O)N[C@@H](Cc1ccccc1)C(=O)N[C@H]1C[C@@H](C(N)=O)N(CC(c2ccccc2)c2ccccc2)C1. The van der Waals surface area contributed by atoms with E-state index in [0.29, 0.717) is 25.9 Å². The van der Waals surface area contributed by atoms with E-state index >= 15 is 0 Å². The number of carbonyl (C=O) groups is 3. The molecular weight excluding hydrogens is 516 g/mol. The molecular formula is C33H40N4O4. The van der Waals surface area contributed by atoms with Crippen molar-refractivity contribution in [2.24, 2.45) is 5.73 Å². The Morgan fingerprint density at radius 1 is 0.902 bits per heavy atom.